The third kappa shape index (κ3) is 3.87. The van der Waals surface area contributed by atoms with Gasteiger partial charge in [-0.25, -0.2) is 4.98 Å². The Labute approximate surface area is 193 Å². The van der Waals surface area contributed by atoms with Gasteiger partial charge in [-0.05, 0) is 48.2 Å². The molecule has 1 aliphatic rings. The summed E-state index contributed by atoms with van der Waals surface area (Å²) >= 11 is 7.35. The number of aromatic nitrogens is 2. The molecule has 0 spiro atoms. The maximum Gasteiger partial charge on any atom is 0.258 e. The van der Waals surface area contributed by atoms with E-state index in [1.165, 1.54) is 11.3 Å². The summed E-state index contributed by atoms with van der Waals surface area (Å²) in [4.78, 5) is 33.4. The van der Waals surface area contributed by atoms with E-state index in [2.05, 4.69) is 9.97 Å². The highest BCUT2D eigenvalue weighted by Crippen LogP contribution is 2.34. The van der Waals surface area contributed by atoms with Gasteiger partial charge in [0.15, 0.2) is 5.78 Å². The molecule has 160 valence electrons. The van der Waals surface area contributed by atoms with Crippen molar-refractivity contribution in [1.82, 2.24) is 9.97 Å². The second-order valence-electron chi connectivity index (χ2n) is 7.75. The molecule has 7 heteroatoms. The lowest BCUT2D eigenvalue weighted by Crippen LogP contribution is -2.24. The van der Waals surface area contributed by atoms with Crippen LogP contribution in [0.1, 0.15) is 34.0 Å². The quantitative estimate of drug-likeness (QED) is 0.419. The molecule has 0 fully saturated rings. The first kappa shape index (κ1) is 20.7. The molecule has 0 amide bonds. The highest BCUT2D eigenvalue weighted by atomic mass is 35.5. The molecule has 4 aromatic rings. The topological polar surface area (TPSA) is 72.0 Å². The molecule has 1 N–H and O–H groups in total. The predicted octanol–water partition coefficient (Wildman–Crippen LogP) is 5.74. The van der Waals surface area contributed by atoms with E-state index < -0.39 is 0 Å². The van der Waals surface area contributed by atoms with E-state index in [0.29, 0.717) is 39.7 Å². The van der Waals surface area contributed by atoms with Gasteiger partial charge < -0.3 is 9.72 Å². The van der Waals surface area contributed by atoms with E-state index in [0.717, 1.165) is 22.6 Å². The lowest BCUT2D eigenvalue weighted by molar-refractivity contribution is 0.0963. The summed E-state index contributed by atoms with van der Waals surface area (Å²) in [5.41, 5.74) is 4.20. The second-order valence-corrected chi connectivity index (χ2v) is 9.05. The number of carbonyl (C=O) groups is 1. The molecule has 0 saturated carbocycles. The second kappa shape index (κ2) is 8.37. The van der Waals surface area contributed by atoms with Gasteiger partial charge in [0.25, 0.3) is 5.56 Å². The van der Waals surface area contributed by atoms with Gasteiger partial charge in [-0.3, -0.25) is 9.59 Å². The fourth-order valence-corrected chi connectivity index (χ4v) is 5.02. The average Bonchev–Trinajstić information content (AvgIpc) is 3.29. The number of nitrogens with zero attached hydrogens (tertiary/aromatic N) is 1. The number of Topliss-reactive ketones (excluding diaryl/α,β-unsaturated/α-hetero) is 1. The zero-order valence-corrected chi connectivity index (χ0v) is 18.8. The zero-order valence-electron chi connectivity index (χ0n) is 17.2. The van der Waals surface area contributed by atoms with Crippen LogP contribution in [0, 0.1) is 0 Å². The first-order chi connectivity index (χ1) is 15.5. The number of halogens is 1. The van der Waals surface area contributed by atoms with Gasteiger partial charge in [0.1, 0.15) is 10.8 Å². The van der Waals surface area contributed by atoms with Crippen LogP contribution in [0.5, 0.6) is 5.75 Å². The zero-order chi connectivity index (χ0) is 22.2. The molecule has 1 aliphatic carbocycles. The van der Waals surface area contributed by atoms with Crippen molar-refractivity contribution in [3.63, 3.8) is 0 Å². The van der Waals surface area contributed by atoms with Crippen LogP contribution in [0.25, 0.3) is 21.8 Å². The Hall–Kier alpha value is -3.22. The van der Waals surface area contributed by atoms with Crippen molar-refractivity contribution in [3.8, 4) is 27.6 Å². The van der Waals surface area contributed by atoms with Crippen molar-refractivity contribution in [2.24, 2.45) is 0 Å². The minimum atomic E-state index is -0.232. The van der Waals surface area contributed by atoms with Crippen LogP contribution in [0.2, 0.25) is 5.02 Å². The molecule has 2 aromatic heterocycles. The Balaban J connectivity index is 1.46. The standard InChI is InChI=1S/C25H19ClN2O3S/c1-31-18-8-4-14(5-9-18)16-10-21-19(23(29)11-16)12-20(24(30)27-21)25-28-22(13-32-25)15-2-6-17(26)7-3-15/h2-9,12-13,16H,10-11H2,1H3,(H,27,30). The van der Waals surface area contributed by atoms with E-state index in [9.17, 15) is 9.59 Å². The summed E-state index contributed by atoms with van der Waals surface area (Å²) in [6.07, 6.45) is 1.01. The number of thiazole rings is 1. The number of pyridine rings is 1. The Morgan fingerprint density at radius 1 is 1.03 bits per heavy atom. The first-order valence-electron chi connectivity index (χ1n) is 10.2. The molecule has 0 radical (unpaired) electrons. The number of carbonyl (C=O) groups excluding carboxylic acids is 1. The molecule has 1 unspecified atom stereocenters. The van der Waals surface area contributed by atoms with Crippen molar-refractivity contribution >= 4 is 28.7 Å². The van der Waals surface area contributed by atoms with E-state index >= 15 is 0 Å². The summed E-state index contributed by atoms with van der Waals surface area (Å²) in [5, 5.41) is 3.14. The normalized spacial score (nSPS) is 15.4. The molecule has 5 nitrogen and oxygen atoms in total. The minimum absolute atomic E-state index is 0.0266. The van der Waals surface area contributed by atoms with Crippen LogP contribution < -0.4 is 10.3 Å². The average molecular weight is 463 g/mol. The van der Waals surface area contributed by atoms with Gasteiger partial charge in [-0.1, -0.05) is 35.9 Å². The van der Waals surface area contributed by atoms with Crippen LogP contribution in [0.15, 0.2) is 64.8 Å². The SMILES string of the molecule is COc1ccc(C2CC(=O)c3cc(-c4nc(-c5ccc(Cl)cc5)cs4)c(=O)[nH]c3C2)cc1. The summed E-state index contributed by atoms with van der Waals surface area (Å²) < 4.78 is 5.21. The highest BCUT2D eigenvalue weighted by Gasteiger charge is 2.28. The summed E-state index contributed by atoms with van der Waals surface area (Å²) in [7, 11) is 1.62. The van der Waals surface area contributed by atoms with E-state index in [1.807, 2.05) is 41.8 Å². The van der Waals surface area contributed by atoms with E-state index in [1.54, 1.807) is 25.3 Å². The third-order valence-corrected chi connectivity index (χ3v) is 6.89. The smallest absolute Gasteiger partial charge is 0.258 e. The summed E-state index contributed by atoms with van der Waals surface area (Å²) in [6, 6.07) is 16.8. The Kier molecular flexibility index (Phi) is 5.41. The van der Waals surface area contributed by atoms with Gasteiger partial charge in [0.2, 0.25) is 0 Å². The van der Waals surface area contributed by atoms with Crippen molar-refractivity contribution in [3.05, 3.63) is 92.2 Å². The minimum Gasteiger partial charge on any atom is -0.497 e. The fraction of sp³-hybridized carbons (Fsp3) is 0.160. The summed E-state index contributed by atoms with van der Waals surface area (Å²) in [5.74, 6) is 0.827. The number of nitrogens with one attached hydrogen (secondary N) is 1. The van der Waals surface area contributed by atoms with Gasteiger partial charge >= 0.3 is 0 Å². The number of fused-ring (bicyclic) bond motifs is 1. The number of aromatic amines is 1. The molecular weight excluding hydrogens is 444 g/mol. The molecule has 5 rings (SSSR count). The molecule has 2 heterocycles. The number of methoxy groups -OCH3 is 1. The first-order valence-corrected chi connectivity index (χ1v) is 11.4. The predicted molar refractivity (Wildman–Crippen MR) is 127 cm³/mol. The Morgan fingerprint density at radius 3 is 2.50 bits per heavy atom. The van der Waals surface area contributed by atoms with Crippen molar-refractivity contribution in [2.75, 3.05) is 7.11 Å². The molecule has 0 bridgehead atoms. The van der Waals surface area contributed by atoms with Gasteiger partial charge in [-0.2, -0.15) is 0 Å². The number of benzene rings is 2. The third-order valence-electron chi connectivity index (χ3n) is 5.77. The van der Waals surface area contributed by atoms with Crippen LogP contribution in [0.3, 0.4) is 0 Å². The molecule has 1 atom stereocenters. The van der Waals surface area contributed by atoms with Crippen molar-refractivity contribution < 1.29 is 9.53 Å². The monoisotopic (exact) mass is 462 g/mol. The van der Waals surface area contributed by atoms with Gasteiger partial charge in [0.05, 0.1) is 18.4 Å². The Morgan fingerprint density at radius 2 is 1.78 bits per heavy atom. The number of H-pyrrole nitrogens is 1. The number of hydrogen-bond acceptors (Lipinski definition) is 5. The summed E-state index contributed by atoms with van der Waals surface area (Å²) in [6.45, 7) is 0. The number of hydrogen-bond donors (Lipinski definition) is 1. The maximum atomic E-state index is 13.0. The van der Waals surface area contributed by atoms with Crippen LogP contribution >= 0.6 is 22.9 Å². The van der Waals surface area contributed by atoms with Crippen LogP contribution in [0.4, 0.5) is 0 Å². The van der Waals surface area contributed by atoms with Crippen molar-refractivity contribution in [1.29, 1.82) is 0 Å². The molecule has 0 aliphatic heterocycles. The maximum absolute atomic E-state index is 13.0. The van der Waals surface area contributed by atoms with E-state index in [-0.39, 0.29) is 17.3 Å². The van der Waals surface area contributed by atoms with Crippen molar-refractivity contribution in [2.45, 2.75) is 18.8 Å². The van der Waals surface area contributed by atoms with E-state index in [4.69, 9.17) is 16.3 Å². The van der Waals surface area contributed by atoms with Crippen LogP contribution in [-0.2, 0) is 6.42 Å². The number of ether oxygens (including phenoxy) is 1. The van der Waals surface area contributed by atoms with Gasteiger partial charge in [-0.15, -0.1) is 11.3 Å². The Bertz CT molecular complexity index is 1360. The van der Waals surface area contributed by atoms with Crippen LogP contribution in [-0.4, -0.2) is 22.9 Å². The molecular formula is C25H19ClN2O3S. The molecule has 0 saturated heterocycles. The molecule has 2 aromatic carbocycles. The lowest BCUT2D eigenvalue weighted by Gasteiger charge is -2.24. The highest BCUT2D eigenvalue weighted by molar-refractivity contribution is 7.13. The molecule has 32 heavy (non-hydrogen) atoms. The number of rotatable bonds is 4. The largest absolute Gasteiger partial charge is 0.497 e. The van der Waals surface area contributed by atoms with Gasteiger partial charge in [0, 0.05) is 33.6 Å². The fourth-order valence-electron chi connectivity index (χ4n) is 4.05. The number of ketones is 1. The lowest BCUT2D eigenvalue weighted by atomic mass is 9.81.